The van der Waals surface area contributed by atoms with E-state index >= 15 is 0 Å². The molecule has 0 saturated heterocycles. The molecule has 20 heavy (non-hydrogen) atoms. The van der Waals surface area contributed by atoms with E-state index in [1.165, 1.54) is 0 Å². The molecule has 3 nitrogen and oxygen atoms in total. The first-order chi connectivity index (χ1) is 9.37. The summed E-state index contributed by atoms with van der Waals surface area (Å²) in [7, 11) is 1.76. The van der Waals surface area contributed by atoms with Gasteiger partial charge in [-0.1, -0.05) is 35.5 Å². The minimum atomic E-state index is -4.13. The van der Waals surface area contributed by atoms with E-state index in [-0.39, 0.29) is 5.75 Å². The predicted octanol–water partition coefficient (Wildman–Crippen LogP) is 3.84. The minimum absolute atomic E-state index is 0.0523. The molecule has 0 spiro atoms. The number of hydrogen-bond acceptors (Lipinski definition) is 3. The van der Waals surface area contributed by atoms with Crippen LogP contribution in [0.1, 0.15) is 12.0 Å². The van der Waals surface area contributed by atoms with Crippen molar-refractivity contribution in [2.75, 3.05) is 5.75 Å². The molecule has 0 atom stereocenters. The maximum absolute atomic E-state index is 12.1. The fourth-order valence-corrected chi connectivity index (χ4v) is 2.63. The molecule has 0 aliphatic carbocycles. The van der Waals surface area contributed by atoms with Crippen molar-refractivity contribution in [1.82, 2.24) is 14.8 Å². The van der Waals surface area contributed by atoms with Gasteiger partial charge in [0.1, 0.15) is 0 Å². The van der Waals surface area contributed by atoms with Gasteiger partial charge in [-0.05, 0) is 13.0 Å². The van der Waals surface area contributed by atoms with Gasteiger partial charge >= 0.3 is 6.18 Å². The largest absolute Gasteiger partial charge is 0.389 e. The zero-order valence-corrected chi connectivity index (χ0v) is 11.9. The summed E-state index contributed by atoms with van der Waals surface area (Å²) in [6, 6.07) is 7.75. The smallest absolute Gasteiger partial charge is 0.305 e. The van der Waals surface area contributed by atoms with Crippen LogP contribution >= 0.6 is 11.8 Å². The molecule has 0 radical (unpaired) electrons. The number of aryl methyl sites for hydroxylation is 1. The zero-order valence-electron chi connectivity index (χ0n) is 11.1. The summed E-state index contributed by atoms with van der Waals surface area (Å²) in [5, 5.41) is 8.49. The van der Waals surface area contributed by atoms with Crippen LogP contribution in [0.3, 0.4) is 0 Å². The summed E-state index contributed by atoms with van der Waals surface area (Å²) in [5.41, 5.74) is 2.00. The van der Waals surface area contributed by atoms with Crippen molar-refractivity contribution in [3.05, 3.63) is 29.8 Å². The molecule has 0 amide bonds. The second kappa shape index (κ2) is 5.87. The van der Waals surface area contributed by atoms with Gasteiger partial charge in [-0.2, -0.15) is 13.2 Å². The van der Waals surface area contributed by atoms with Gasteiger partial charge in [-0.3, -0.25) is 0 Å². The number of nitrogens with zero attached hydrogens (tertiary/aromatic N) is 3. The maximum Gasteiger partial charge on any atom is 0.389 e. The van der Waals surface area contributed by atoms with Crippen molar-refractivity contribution >= 4 is 11.8 Å². The van der Waals surface area contributed by atoms with Crippen LogP contribution in [0.5, 0.6) is 0 Å². The van der Waals surface area contributed by atoms with Crippen LogP contribution in [0.2, 0.25) is 0 Å². The Hall–Kier alpha value is -1.50. The minimum Gasteiger partial charge on any atom is -0.305 e. The molecule has 1 aromatic carbocycles. The summed E-state index contributed by atoms with van der Waals surface area (Å²) in [5.74, 6) is 0.603. The van der Waals surface area contributed by atoms with Crippen LogP contribution in [0.4, 0.5) is 13.2 Å². The molecule has 108 valence electrons. The number of thioether (sulfide) groups is 1. The first-order valence-electron chi connectivity index (χ1n) is 6.03. The van der Waals surface area contributed by atoms with Crippen molar-refractivity contribution in [3.63, 3.8) is 0 Å². The standard InChI is InChI=1S/C13H14F3N3S/c1-9-4-3-5-10(8-9)11-17-18-12(19(11)2)20-7-6-13(14,15)16/h3-5,8H,6-7H2,1-2H3. The first kappa shape index (κ1) is 14.9. The highest BCUT2D eigenvalue weighted by molar-refractivity contribution is 7.99. The van der Waals surface area contributed by atoms with Gasteiger partial charge in [0.05, 0.1) is 6.42 Å². The van der Waals surface area contributed by atoms with Crippen LogP contribution in [0.25, 0.3) is 11.4 Å². The third-order valence-electron chi connectivity index (χ3n) is 2.73. The molecule has 7 heteroatoms. The normalized spacial score (nSPS) is 11.8. The summed E-state index contributed by atoms with van der Waals surface area (Å²) in [4.78, 5) is 0. The van der Waals surface area contributed by atoms with Crippen molar-refractivity contribution < 1.29 is 13.2 Å². The monoisotopic (exact) mass is 301 g/mol. The molecule has 0 fully saturated rings. The van der Waals surface area contributed by atoms with E-state index in [0.717, 1.165) is 22.9 Å². The highest BCUT2D eigenvalue weighted by Crippen LogP contribution is 2.27. The molecule has 0 aliphatic rings. The molecule has 0 aliphatic heterocycles. The number of halogens is 3. The van der Waals surface area contributed by atoms with E-state index < -0.39 is 12.6 Å². The van der Waals surface area contributed by atoms with Crippen molar-refractivity contribution in [1.29, 1.82) is 0 Å². The summed E-state index contributed by atoms with van der Waals surface area (Å²) < 4.78 is 38.1. The van der Waals surface area contributed by atoms with Crippen molar-refractivity contribution in [2.45, 2.75) is 24.7 Å². The molecular formula is C13H14F3N3S. The number of aromatic nitrogens is 3. The lowest BCUT2D eigenvalue weighted by atomic mass is 10.1. The highest BCUT2D eigenvalue weighted by atomic mass is 32.2. The Kier molecular flexibility index (Phi) is 4.37. The molecule has 0 N–H and O–H groups in total. The van der Waals surface area contributed by atoms with E-state index in [9.17, 15) is 13.2 Å². The van der Waals surface area contributed by atoms with Crippen LogP contribution in [0, 0.1) is 6.92 Å². The Morgan fingerprint density at radius 2 is 2.00 bits per heavy atom. The Labute approximate surface area is 119 Å². The predicted molar refractivity (Wildman–Crippen MR) is 72.6 cm³/mol. The quantitative estimate of drug-likeness (QED) is 0.804. The summed E-state index contributed by atoms with van der Waals surface area (Å²) >= 11 is 1.06. The van der Waals surface area contributed by atoms with Gasteiger partial charge in [-0.25, -0.2) is 0 Å². The SMILES string of the molecule is Cc1cccc(-c2nnc(SCCC(F)(F)F)n2C)c1. The molecule has 1 aromatic heterocycles. The van der Waals surface area contributed by atoms with E-state index in [1.54, 1.807) is 11.6 Å². The van der Waals surface area contributed by atoms with Gasteiger partial charge in [0.2, 0.25) is 0 Å². The average Bonchev–Trinajstić information content (AvgIpc) is 2.70. The summed E-state index contributed by atoms with van der Waals surface area (Å²) in [6.07, 6.45) is -4.96. The first-order valence-corrected chi connectivity index (χ1v) is 7.01. The van der Waals surface area contributed by atoms with Crippen LogP contribution in [-0.2, 0) is 7.05 Å². The number of alkyl halides is 3. The Balaban J connectivity index is 2.11. The molecule has 2 aromatic rings. The second-order valence-electron chi connectivity index (χ2n) is 4.45. The average molecular weight is 301 g/mol. The lowest BCUT2D eigenvalue weighted by Gasteiger charge is -2.06. The molecule has 1 heterocycles. The number of benzene rings is 1. The van der Waals surface area contributed by atoms with Crippen molar-refractivity contribution in [2.24, 2.45) is 7.05 Å². The van der Waals surface area contributed by atoms with Crippen LogP contribution < -0.4 is 0 Å². The van der Waals surface area contributed by atoms with E-state index in [1.807, 2.05) is 31.2 Å². The molecule has 0 unspecified atom stereocenters. The second-order valence-corrected chi connectivity index (χ2v) is 5.51. The van der Waals surface area contributed by atoms with Crippen LogP contribution in [-0.4, -0.2) is 26.7 Å². The molecular weight excluding hydrogens is 287 g/mol. The van der Waals surface area contributed by atoms with Crippen molar-refractivity contribution in [3.8, 4) is 11.4 Å². The van der Waals surface area contributed by atoms with Gasteiger partial charge in [0.15, 0.2) is 11.0 Å². The Morgan fingerprint density at radius 1 is 1.25 bits per heavy atom. The molecule has 0 saturated carbocycles. The fourth-order valence-electron chi connectivity index (χ4n) is 1.73. The number of hydrogen-bond donors (Lipinski definition) is 0. The molecule has 0 bridgehead atoms. The van der Waals surface area contributed by atoms with E-state index in [4.69, 9.17) is 0 Å². The van der Waals surface area contributed by atoms with Gasteiger partial charge in [-0.15, -0.1) is 10.2 Å². The van der Waals surface area contributed by atoms with Gasteiger partial charge in [0.25, 0.3) is 0 Å². The van der Waals surface area contributed by atoms with Gasteiger partial charge < -0.3 is 4.57 Å². The lowest BCUT2D eigenvalue weighted by molar-refractivity contribution is -0.129. The number of rotatable bonds is 4. The van der Waals surface area contributed by atoms with Crippen LogP contribution in [0.15, 0.2) is 29.4 Å². The van der Waals surface area contributed by atoms with E-state index in [0.29, 0.717) is 11.0 Å². The Morgan fingerprint density at radius 3 is 2.65 bits per heavy atom. The summed E-state index contributed by atoms with van der Waals surface area (Å²) in [6.45, 7) is 1.97. The zero-order chi connectivity index (χ0) is 14.8. The Bertz CT molecular complexity index is 593. The molecule has 2 rings (SSSR count). The van der Waals surface area contributed by atoms with Gasteiger partial charge in [0, 0.05) is 18.4 Å². The fraction of sp³-hybridized carbons (Fsp3) is 0.385. The third-order valence-corrected chi connectivity index (χ3v) is 3.75. The lowest BCUT2D eigenvalue weighted by Crippen LogP contribution is -2.08. The van der Waals surface area contributed by atoms with E-state index in [2.05, 4.69) is 10.2 Å². The third kappa shape index (κ3) is 3.75. The highest BCUT2D eigenvalue weighted by Gasteiger charge is 2.26. The topological polar surface area (TPSA) is 30.7 Å². The maximum atomic E-state index is 12.1.